The lowest BCUT2D eigenvalue weighted by Gasteiger charge is -2.29. The van der Waals surface area contributed by atoms with Crippen molar-refractivity contribution in [3.8, 4) is 5.75 Å². The van der Waals surface area contributed by atoms with Gasteiger partial charge in [0, 0.05) is 11.3 Å². The van der Waals surface area contributed by atoms with Gasteiger partial charge in [-0.1, -0.05) is 44.4 Å². The Morgan fingerprint density at radius 2 is 1.74 bits per heavy atom. The van der Waals surface area contributed by atoms with Gasteiger partial charge in [0.1, 0.15) is 12.4 Å². The second-order valence-electron chi connectivity index (χ2n) is 13.5. The minimum absolute atomic E-state index is 0.138. The van der Waals surface area contributed by atoms with Gasteiger partial charge in [-0.25, -0.2) is 9.20 Å². The van der Waals surface area contributed by atoms with Gasteiger partial charge < -0.3 is 15.6 Å². The fraction of sp³-hybridized carbons (Fsp3) is 0.529. The van der Waals surface area contributed by atoms with Gasteiger partial charge in [-0.2, -0.15) is 10.2 Å². The summed E-state index contributed by atoms with van der Waals surface area (Å²) in [6.07, 6.45) is 13.5. The van der Waals surface area contributed by atoms with Crippen molar-refractivity contribution in [3.63, 3.8) is 0 Å². The number of aromatic nitrogens is 4. The van der Waals surface area contributed by atoms with E-state index in [9.17, 15) is 14.7 Å². The number of benzene rings is 1. The van der Waals surface area contributed by atoms with E-state index in [4.69, 9.17) is 15.6 Å². The molecule has 3 aliphatic carbocycles. The third-order valence-electron chi connectivity index (χ3n) is 9.07. The molecule has 3 saturated carbocycles. The van der Waals surface area contributed by atoms with Crippen LogP contribution in [0.1, 0.15) is 100 Å². The van der Waals surface area contributed by atoms with E-state index in [1.54, 1.807) is 32.2 Å². The van der Waals surface area contributed by atoms with Crippen LogP contribution in [-0.4, -0.2) is 42.6 Å². The summed E-state index contributed by atoms with van der Waals surface area (Å²) in [5.41, 5.74) is 6.60. The molecule has 1 amide bonds. The first-order valence-corrected chi connectivity index (χ1v) is 15.7. The molecule has 9 nitrogen and oxygen atoms in total. The first-order valence-electron chi connectivity index (χ1n) is 15.7. The number of carbonyl (C=O) groups excluding carboxylic acids is 1. The monoisotopic (exact) mass is 585 g/mol. The second kappa shape index (κ2) is 11.8. The number of ether oxygens (including phenoxy) is 1. The summed E-state index contributed by atoms with van der Waals surface area (Å²) in [4.78, 5) is 24.3. The molecule has 4 aromatic rings. The van der Waals surface area contributed by atoms with Gasteiger partial charge in [-0.3, -0.25) is 9.59 Å². The van der Waals surface area contributed by atoms with Gasteiger partial charge in [0.05, 0.1) is 46.2 Å². The number of nitrogens with two attached hydrogens (primary N) is 1. The van der Waals surface area contributed by atoms with Crippen LogP contribution in [0, 0.1) is 17.8 Å². The minimum Gasteiger partial charge on any atom is -0.489 e. The highest BCUT2D eigenvalue weighted by molar-refractivity contribution is 5.99. The summed E-state index contributed by atoms with van der Waals surface area (Å²) in [5.74, 6) is 2.71. The number of primary amides is 1. The van der Waals surface area contributed by atoms with Crippen molar-refractivity contribution in [2.75, 3.05) is 6.61 Å². The van der Waals surface area contributed by atoms with Crippen LogP contribution >= 0.6 is 0 Å². The molecule has 0 radical (unpaired) electrons. The molecule has 0 bridgehead atoms. The van der Waals surface area contributed by atoms with Gasteiger partial charge in [-0.05, 0) is 81.9 Å². The van der Waals surface area contributed by atoms with E-state index in [-0.39, 0.29) is 12.2 Å². The lowest BCUT2D eigenvalue weighted by Crippen LogP contribution is -2.31. The van der Waals surface area contributed by atoms with Crippen LogP contribution in [-0.2, 0) is 0 Å². The smallest absolute Gasteiger partial charge is 0.274 e. The van der Waals surface area contributed by atoms with Crippen LogP contribution in [0.5, 0.6) is 5.75 Å². The average Bonchev–Trinajstić information content (AvgIpc) is 3.90. The van der Waals surface area contributed by atoms with Gasteiger partial charge in [0.15, 0.2) is 0 Å². The molecule has 9 heteroatoms. The Morgan fingerprint density at radius 1 is 1.07 bits per heavy atom. The van der Waals surface area contributed by atoms with Crippen molar-refractivity contribution in [3.05, 3.63) is 70.4 Å². The van der Waals surface area contributed by atoms with Crippen LogP contribution in [0.2, 0.25) is 0 Å². The zero-order chi connectivity index (χ0) is 30.3. The zero-order valence-corrected chi connectivity index (χ0v) is 25.4. The first kappa shape index (κ1) is 29.4. The summed E-state index contributed by atoms with van der Waals surface area (Å²) in [6, 6.07) is 11.9. The number of hydrogen-bond donors (Lipinski definition) is 2. The number of rotatable bonds is 10. The van der Waals surface area contributed by atoms with Crippen LogP contribution in [0.25, 0.3) is 16.3 Å². The van der Waals surface area contributed by atoms with Crippen LogP contribution in [0.3, 0.4) is 0 Å². The van der Waals surface area contributed by atoms with Crippen LogP contribution < -0.4 is 16.0 Å². The molecule has 43 heavy (non-hydrogen) atoms. The standard InChI is InChI=1S/C22H28N2O.C12H15N3O3/c1-14(13-15-5-4-6-15)20-18-7-2-3-8-19(18)22(25)24(23-20)21(16-9-10-16)17-11-12-17;1-12(2,17)7-18-8-3-4-10-9(11(13)16)5-14-15(10)6-8/h2-3,7-8,14-17,21H,4-6,9-13H2,1H3;3-6,17H,7H2,1-2H3,(H2,13,16)/t14-;/m0./s1. The molecule has 3 fully saturated rings. The number of hydrogen-bond acceptors (Lipinski definition) is 6. The molecule has 3 heterocycles. The lowest BCUT2D eigenvalue weighted by atomic mass is 9.78. The molecule has 0 spiro atoms. The van der Waals surface area contributed by atoms with Gasteiger partial charge in [-0.15, -0.1) is 0 Å². The first-order chi connectivity index (χ1) is 20.6. The van der Waals surface area contributed by atoms with Crippen molar-refractivity contribution in [2.45, 2.75) is 89.7 Å². The van der Waals surface area contributed by atoms with Crippen molar-refractivity contribution in [2.24, 2.45) is 23.5 Å². The SMILES string of the molecule is CC(C)(O)COc1ccc2c(C(N)=O)cnn2c1.C[C@@H](CC1CCC1)c1nn(C(C2CC2)C2CC2)c(=O)c2ccccc12. The molecule has 3 N–H and O–H groups in total. The highest BCUT2D eigenvalue weighted by Gasteiger charge is 2.44. The normalized spacial score (nSPS) is 17.9. The fourth-order valence-corrected chi connectivity index (χ4v) is 6.30. The van der Waals surface area contributed by atoms with E-state index in [1.165, 1.54) is 62.1 Å². The van der Waals surface area contributed by atoms with Gasteiger partial charge >= 0.3 is 0 Å². The fourth-order valence-electron chi connectivity index (χ4n) is 6.30. The number of aliphatic hydroxyl groups is 1. The Balaban J connectivity index is 0.000000163. The van der Waals surface area contributed by atoms with Crippen molar-refractivity contribution < 1.29 is 14.6 Å². The molecule has 3 aromatic heterocycles. The van der Waals surface area contributed by atoms with Crippen molar-refractivity contribution in [1.29, 1.82) is 0 Å². The summed E-state index contributed by atoms with van der Waals surface area (Å²) in [5, 5.41) is 20.6. The maximum absolute atomic E-state index is 13.2. The number of pyridine rings is 1. The molecule has 1 atom stereocenters. The summed E-state index contributed by atoms with van der Waals surface area (Å²) < 4.78 is 8.86. The molecular formula is C34H43N5O4. The number of amides is 1. The largest absolute Gasteiger partial charge is 0.489 e. The number of nitrogens with zero attached hydrogens (tertiary/aromatic N) is 4. The molecule has 7 rings (SSSR count). The van der Waals surface area contributed by atoms with Gasteiger partial charge in [0.25, 0.3) is 11.5 Å². The second-order valence-corrected chi connectivity index (χ2v) is 13.5. The molecule has 0 aliphatic heterocycles. The average molecular weight is 586 g/mol. The Labute approximate surface area is 252 Å². The third-order valence-corrected chi connectivity index (χ3v) is 9.07. The van der Waals surface area contributed by atoms with Crippen molar-refractivity contribution in [1.82, 2.24) is 19.4 Å². The Kier molecular flexibility index (Phi) is 8.02. The van der Waals surface area contributed by atoms with Crippen LogP contribution in [0.4, 0.5) is 0 Å². The van der Waals surface area contributed by atoms with E-state index in [1.807, 2.05) is 22.9 Å². The molecule has 0 saturated heterocycles. The topological polar surface area (TPSA) is 125 Å². The predicted molar refractivity (Wildman–Crippen MR) is 166 cm³/mol. The van der Waals surface area contributed by atoms with E-state index in [0.29, 0.717) is 40.6 Å². The molecule has 1 aromatic carbocycles. The zero-order valence-electron chi connectivity index (χ0n) is 25.4. The molecule has 3 aliphatic rings. The summed E-state index contributed by atoms with van der Waals surface area (Å²) >= 11 is 0. The molecule has 0 unspecified atom stereocenters. The predicted octanol–water partition coefficient (Wildman–Crippen LogP) is 5.63. The maximum atomic E-state index is 13.2. The summed E-state index contributed by atoms with van der Waals surface area (Å²) in [7, 11) is 0. The highest BCUT2D eigenvalue weighted by Crippen LogP contribution is 2.51. The summed E-state index contributed by atoms with van der Waals surface area (Å²) in [6.45, 7) is 5.79. The van der Waals surface area contributed by atoms with Crippen molar-refractivity contribution >= 4 is 22.2 Å². The number of fused-ring (bicyclic) bond motifs is 2. The minimum atomic E-state index is -0.905. The quantitative estimate of drug-likeness (QED) is 0.248. The van der Waals surface area contributed by atoms with E-state index in [0.717, 1.165) is 22.4 Å². The Hall–Kier alpha value is -3.72. The lowest BCUT2D eigenvalue weighted by molar-refractivity contribution is 0.0283. The highest BCUT2D eigenvalue weighted by atomic mass is 16.5. The van der Waals surface area contributed by atoms with E-state index in [2.05, 4.69) is 18.1 Å². The number of carbonyl (C=O) groups is 1. The third kappa shape index (κ3) is 6.61. The maximum Gasteiger partial charge on any atom is 0.274 e. The Morgan fingerprint density at radius 3 is 2.33 bits per heavy atom. The van der Waals surface area contributed by atoms with E-state index >= 15 is 0 Å². The van der Waals surface area contributed by atoms with Crippen LogP contribution in [0.15, 0.2) is 53.6 Å². The molecule has 228 valence electrons. The molecular weight excluding hydrogens is 542 g/mol. The Bertz CT molecular complexity index is 1660. The van der Waals surface area contributed by atoms with Gasteiger partial charge in [0.2, 0.25) is 0 Å². The van der Waals surface area contributed by atoms with E-state index < -0.39 is 11.5 Å².